The van der Waals surface area contributed by atoms with Crippen LogP contribution in [0.3, 0.4) is 0 Å². The maximum atomic E-state index is 5.21. The lowest BCUT2D eigenvalue weighted by Gasteiger charge is -2.34. The van der Waals surface area contributed by atoms with E-state index in [2.05, 4.69) is 34.2 Å². The molecule has 1 unspecified atom stereocenters. The van der Waals surface area contributed by atoms with E-state index in [0.29, 0.717) is 24.4 Å². The van der Waals surface area contributed by atoms with Crippen LogP contribution in [0.5, 0.6) is 0 Å². The number of nitrogens with zero attached hydrogens (tertiary/aromatic N) is 3. The molecule has 1 atom stereocenters. The molecule has 1 fully saturated rings. The first-order chi connectivity index (χ1) is 8.20. The Balaban J connectivity index is 2.00. The highest BCUT2D eigenvalue weighted by atomic mass is 16.5. The Hall–Kier alpha value is -0.940. The van der Waals surface area contributed by atoms with Crippen LogP contribution in [0.1, 0.15) is 44.3 Å². The normalized spacial score (nSPS) is 22.2. The number of aromatic nitrogens is 2. The van der Waals surface area contributed by atoms with Gasteiger partial charge in [-0.2, -0.15) is 4.98 Å². The summed E-state index contributed by atoms with van der Waals surface area (Å²) in [5.74, 6) is 1.99. The van der Waals surface area contributed by atoms with Crippen molar-refractivity contribution in [1.29, 1.82) is 0 Å². The van der Waals surface area contributed by atoms with Gasteiger partial charge < -0.3 is 14.7 Å². The van der Waals surface area contributed by atoms with Gasteiger partial charge in [-0.3, -0.25) is 0 Å². The van der Waals surface area contributed by atoms with Crippen LogP contribution in [0.15, 0.2) is 4.52 Å². The molecule has 1 aromatic heterocycles. The molecular formula is C12H22N4O. The van der Waals surface area contributed by atoms with Crippen molar-refractivity contribution < 1.29 is 4.52 Å². The molecule has 5 heteroatoms. The number of hydrogen-bond donors (Lipinski definition) is 1. The van der Waals surface area contributed by atoms with Crippen molar-refractivity contribution in [2.75, 3.05) is 20.1 Å². The average Bonchev–Trinajstić information content (AvgIpc) is 2.78. The zero-order chi connectivity index (χ0) is 12.3. The summed E-state index contributed by atoms with van der Waals surface area (Å²) in [4.78, 5) is 6.94. The average molecular weight is 238 g/mol. The van der Waals surface area contributed by atoms with Gasteiger partial charge in [-0.1, -0.05) is 5.16 Å². The predicted octanol–water partition coefficient (Wildman–Crippen LogP) is 1.38. The number of rotatable bonds is 4. The molecular weight excluding hydrogens is 216 g/mol. The fourth-order valence-electron chi connectivity index (χ4n) is 2.34. The summed E-state index contributed by atoms with van der Waals surface area (Å²) in [6.07, 6.45) is 2.39. The van der Waals surface area contributed by atoms with Crippen molar-refractivity contribution in [2.45, 2.75) is 45.2 Å². The zero-order valence-electron chi connectivity index (χ0n) is 10.9. The lowest BCUT2D eigenvalue weighted by atomic mass is 9.96. The van der Waals surface area contributed by atoms with Crippen molar-refractivity contribution in [3.63, 3.8) is 0 Å². The molecule has 0 saturated carbocycles. The minimum Gasteiger partial charge on any atom is -0.338 e. The maximum absolute atomic E-state index is 5.21. The SMILES string of the molecule is CNCc1nc(C2CCCN(C(C)C)C2)no1. The molecule has 1 aromatic rings. The van der Waals surface area contributed by atoms with Gasteiger partial charge >= 0.3 is 0 Å². The third-order valence-electron chi connectivity index (χ3n) is 3.36. The van der Waals surface area contributed by atoms with Crippen LogP contribution in [0.25, 0.3) is 0 Å². The number of hydrogen-bond acceptors (Lipinski definition) is 5. The van der Waals surface area contributed by atoms with E-state index in [-0.39, 0.29) is 0 Å². The Morgan fingerprint density at radius 1 is 1.53 bits per heavy atom. The summed E-state index contributed by atoms with van der Waals surface area (Å²) in [5.41, 5.74) is 0. The molecule has 2 heterocycles. The number of piperidine rings is 1. The maximum Gasteiger partial charge on any atom is 0.240 e. The number of nitrogens with one attached hydrogen (secondary N) is 1. The molecule has 1 aliphatic heterocycles. The van der Waals surface area contributed by atoms with E-state index in [1.165, 1.54) is 19.4 Å². The Bertz CT molecular complexity index is 350. The van der Waals surface area contributed by atoms with Gasteiger partial charge in [-0.05, 0) is 40.3 Å². The molecule has 0 aliphatic carbocycles. The van der Waals surface area contributed by atoms with Crippen molar-refractivity contribution in [3.05, 3.63) is 11.7 Å². The molecule has 1 saturated heterocycles. The summed E-state index contributed by atoms with van der Waals surface area (Å²) in [6, 6.07) is 0.599. The Kier molecular flexibility index (Phi) is 4.12. The van der Waals surface area contributed by atoms with Gasteiger partial charge in [0.2, 0.25) is 5.89 Å². The van der Waals surface area contributed by atoms with Crippen LogP contribution < -0.4 is 5.32 Å². The third kappa shape index (κ3) is 3.04. The van der Waals surface area contributed by atoms with Crippen LogP contribution in [-0.2, 0) is 6.54 Å². The number of likely N-dealkylation sites (tertiary alicyclic amines) is 1. The molecule has 1 N–H and O–H groups in total. The highest BCUT2D eigenvalue weighted by Crippen LogP contribution is 2.25. The molecule has 0 radical (unpaired) electrons. The van der Waals surface area contributed by atoms with Crippen molar-refractivity contribution in [3.8, 4) is 0 Å². The Labute approximate surface area is 103 Å². The minimum atomic E-state index is 0.431. The van der Waals surface area contributed by atoms with Gasteiger partial charge in [0.15, 0.2) is 5.82 Å². The van der Waals surface area contributed by atoms with E-state index in [9.17, 15) is 0 Å². The first-order valence-corrected chi connectivity index (χ1v) is 6.42. The lowest BCUT2D eigenvalue weighted by Crippen LogP contribution is -2.39. The van der Waals surface area contributed by atoms with Crippen molar-refractivity contribution in [1.82, 2.24) is 20.4 Å². The Morgan fingerprint density at radius 2 is 2.35 bits per heavy atom. The van der Waals surface area contributed by atoms with E-state index in [4.69, 9.17) is 4.52 Å². The quantitative estimate of drug-likeness (QED) is 0.858. The standard InChI is InChI=1S/C12H22N4O/c1-9(2)16-6-4-5-10(8-16)12-14-11(7-13-3)17-15-12/h9-10,13H,4-8H2,1-3H3. The molecule has 0 amide bonds. The monoisotopic (exact) mass is 238 g/mol. The van der Waals surface area contributed by atoms with Crippen LogP contribution in [-0.4, -0.2) is 41.2 Å². The predicted molar refractivity (Wildman–Crippen MR) is 65.7 cm³/mol. The summed E-state index contributed by atoms with van der Waals surface area (Å²) >= 11 is 0. The molecule has 0 aromatic carbocycles. The van der Waals surface area contributed by atoms with Gasteiger partial charge in [-0.15, -0.1) is 0 Å². The lowest BCUT2D eigenvalue weighted by molar-refractivity contribution is 0.163. The molecule has 96 valence electrons. The molecule has 1 aliphatic rings. The van der Waals surface area contributed by atoms with E-state index in [1.54, 1.807) is 0 Å². The fourth-order valence-corrected chi connectivity index (χ4v) is 2.34. The Morgan fingerprint density at radius 3 is 3.06 bits per heavy atom. The second-order valence-corrected chi connectivity index (χ2v) is 5.00. The van der Waals surface area contributed by atoms with Crippen molar-refractivity contribution in [2.24, 2.45) is 0 Å². The summed E-state index contributed by atoms with van der Waals surface area (Å²) in [6.45, 7) is 7.37. The van der Waals surface area contributed by atoms with Crippen LogP contribution >= 0.6 is 0 Å². The second kappa shape index (κ2) is 5.60. The molecule has 2 rings (SSSR count). The van der Waals surface area contributed by atoms with E-state index in [0.717, 1.165) is 12.4 Å². The van der Waals surface area contributed by atoms with Gasteiger partial charge in [0, 0.05) is 18.5 Å². The second-order valence-electron chi connectivity index (χ2n) is 5.00. The topological polar surface area (TPSA) is 54.2 Å². The van der Waals surface area contributed by atoms with Crippen LogP contribution in [0.2, 0.25) is 0 Å². The summed E-state index contributed by atoms with van der Waals surface area (Å²) in [7, 11) is 1.88. The highest BCUT2D eigenvalue weighted by Gasteiger charge is 2.26. The molecule has 0 bridgehead atoms. The van der Waals surface area contributed by atoms with Crippen LogP contribution in [0, 0.1) is 0 Å². The zero-order valence-corrected chi connectivity index (χ0v) is 10.9. The van der Waals surface area contributed by atoms with Gasteiger partial charge in [-0.25, -0.2) is 0 Å². The summed E-state index contributed by atoms with van der Waals surface area (Å²) < 4.78 is 5.21. The third-order valence-corrected chi connectivity index (χ3v) is 3.36. The van der Waals surface area contributed by atoms with Gasteiger partial charge in [0.05, 0.1) is 6.54 Å². The minimum absolute atomic E-state index is 0.431. The largest absolute Gasteiger partial charge is 0.338 e. The first kappa shape index (κ1) is 12.5. The smallest absolute Gasteiger partial charge is 0.240 e. The molecule has 0 spiro atoms. The van der Waals surface area contributed by atoms with Crippen LogP contribution in [0.4, 0.5) is 0 Å². The fraction of sp³-hybridized carbons (Fsp3) is 0.833. The molecule has 17 heavy (non-hydrogen) atoms. The molecule has 5 nitrogen and oxygen atoms in total. The van der Waals surface area contributed by atoms with Gasteiger partial charge in [0.1, 0.15) is 0 Å². The van der Waals surface area contributed by atoms with E-state index >= 15 is 0 Å². The summed E-state index contributed by atoms with van der Waals surface area (Å²) in [5, 5.41) is 7.12. The first-order valence-electron chi connectivity index (χ1n) is 6.42. The van der Waals surface area contributed by atoms with Crippen molar-refractivity contribution >= 4 is 0 Å². The van der Waals surface area contributed by atoms with E-state index < -0.39 is 0 Å². The van der Waals surface area contributed by atoms with E-state index in [1.807, 2.05) is 7.05 Å². The van der Waals surface area contributed by atoms with Gasteiger partial charge in [0.25, 0.3) is 0 Å². The highest BCUT2D eigenvalue weighted by molar-refractivity contribution is 4.99.